The molecule has 6 nitrogen and oxygen atoms in total. The van der Waals surface area contributed by atoms with Crippen LogP contribution in [0.1, 0.15) is 48.4 Å². The molecule has 2 heterocycles. The van der Waals surface area contributed by atoms with Crippen LogP contribution in [-0.4, -0.2) is 16.6 Å². The van der Waals surface area contributed by atoms with Crippen molar-refractivity contribution in [2.24, 2.45) is 10.4 Å². The quantitative estimate of drug-likeness (QED) is 0.273. The summed E-state index contributed by atoms with van der Waals surface area (Å²) >= 11 is 0. The van der Waals surface area contributed by atoms with Crippen LogP contribution in [0.5, 0.6) is 0 Å². The van der Waals surface area contributed by atoms with Gasteiger partial charge in [0.05, 0.1) is 5.69 Å². The minimum atomic E-state index is 0.854. The SMILES string of the molecule is CCCCN1NN=NN1c1ccc2[nH]c(-c3cc(C)cc(C)c3)c(CCCc3ccccc3)c2c1. The normalized spacial score (nSPS) is 13.6. The van der Waals surface area contributed by atoms with Gasteiger partial charge in [-0.25, -0.2) is 0 Å². The molecule has 0 bridgehead atoms. The maximum absolute atomic E-state index is 4.33. The molecule has 1 aromatic heterocycles. The summed E-state index contributed by atoms with van der Waals surface area (Å²) in [4.78, 5) is 3.75. The van der Waals surface area contributed by atoms with Crippen molar-refractivity contribution in [3.8, 4) is 11.3 Å². The van der Waals surface area contributed by atoms with Gasteiger partial charge < -0.3 is 4.98 Å². The monoisotopic (exact) mass is 466 g/mol. The predicted molar refractivity (Wildman–Crippen MR) is 144 cm³/mol. The topological polar surface area (TPSA) is 59.0 Å². The van der Waals surface area contributed by atoms with Crippen LogP contribution in [0.15, 0.2) is 77.2 Å². The van der Waals surface area contributed by atoms with Gasteiger partial charge in [0.1, 0.15) is 0 Å². The van der Waals surface area contributed by atoms with E-state index in [-0.39, 0.29) is 0 Å². The Balaban J connectivity index is 1.52. The van der Waals surface area contributed by atoms with Gasteiger partial charge >= 0.3 is 0 Å². The Labute approximate surface area is 207 Å². The molecule has 5 rings (SSSR count). The summed E-state index contributed by atoms with van der Waals surface area (Å²) in [6.45, 7) is 7.38. The van der Waals surface area contributed by atoms with Crippen molar-refractivity contribution in [2.75, 3.05) is 11.7 Å². The summed E-state index contributed by atoms with van der Waals surface area (Å²) in [6, 6.07) is 24.1. The average Bonchev–Trinajstić information content (AvgIpc) is 3.47. The standard InChI is InChI=1S/C29H34N6/c1-4-5-16-34-32-31-33-35(34)25-14-15-28-27(20-25)26(13-9-12-23-10-7-6-8-11-23)29(30-28)24-18-21(2)17-22(3)19-24/h6-8,10-11,14-15,17-20,30H,4-5,9,12-13,16H2,1-3H3,(H,32,33). The maximum Gasteiger partial charge on any atom is 0.0826 e. The second-order valence-corrected chi connectivity index (χ2v) is 9.48. The van der Waals surface area contributed by atoms with E-state index in [9.17, 15) is 0 Å². The molecule has 4 aromatic rings. The van der Waals surface area contributed by atoms with E-state index in [0.29, 0.717) is 0 Å². The van der Waals surface area contributed by atoms with Gasteiger partial charge in [-0.05, 0) is 97.0 Å². The van der Waals surface area contributed by atoms with E-state index < -0.39 is 0 Å². The Morgan fingerprint density at radius 3 is 2.43 bits per heavy atom. The van der Waals surface area contributed by atoms with Gasteiger partial charge in [-0.2, -0.15) is 10.7 Å². The second kappa shape index (κ2) is 10.3. The third-order valence-electron chi connectivity index (χ3n) is 6.61. The number of H-pyrrole nitrogens is 1. The van der Waals surface area contributed by atoms with E-state index >= 15 is 0 Å². The Hall–Kier alpha value is -3.64. The number of nitrogens with one attached hydrogen (secondary N) is 2. The molecule has 0 aliphatic carbocycles. The van der Waals surface area contributed by atoms with Crippen molar-refractivity contribution in [3.05, 3.63) is 89.0 Å². The van der Waals surface area contributed by atoms with Gasteiger partial charge in [-0.15, -0.1) is 0 Å². The molecule has 0 fully saturated rings. The number of aromatic nitrogens is 1. The minimum Gasteiger partial charge on any atom is -0.354 e. The molecule has 0 saturated carbocycles. The number of hydrogen-bond acceptors (Lipinski definition) is 5. The largest absolute Gasteiger partial charge is 0.354 e. The lowest BCUT2D eigenvalue weighted by atomic mass is 9.97. The molecular weight excluding hydrogens is 432 g/mol. The third kappa shape index (κ3) is 5.08. The fraction of sp³-hybridized carbons (Fsp3) is 0.310. The van der Waals surface area contributed by atoms with Crippen molar-refractivity contribution in [3.63, 3.8) is 0 Å². The average molecular weight is 467 g/mol. The molecule has 0 spiro atoms. The van der Waals surface area contributed by atoms with Crippen LogP contribution in [0.25, 0.3) is 22.2 Å². The molecule has 180 valence electrons. The Morgan fingerprint density at radius 2 is 1.66 bits per heavy atom. The number of aromatic amines is 1. The van der Waals surface area contributed by atoms with Crippen LogP contribution in [0.2, 0.25) is 0 Å². The Kier molecular flexibility index (Phi) is 6.82. The number of rotatable bonds is 9. The first kappa shape index (κ1) is 23.1. The second-order valence-electron chi connectivity index (χ2n) is 9.48. The first-order valence-electron chi connectivity index (χ1n) is 12.6. The number of unbranched alkanes of at least 4 members (excludes halogenated alkanes) is 1. The molecule has 35 heavy (non-hydrogen) atoms. The summed E-state index contributed by atoms with van der Waals surface area (Å²) in [7, 11) is 0. The Morgan fingerprint density at radius 1 is 0.857 bits per heavy atom. The first-order valence-corrected chi connectivity index (χ1v) is 12.6. The summed E-state index contributed by atoms with van der Waals surface area (Å²) in [5, 5.41) is 13.5. The number of benzene rings is 3. The molecule has 6 heteroatoms. The van der Waals surface area contributed by atoms with E-state index in [1.165, 1.54) is 38.9 Å². The lowest BCUT2D eigenvalue weighted by Gasteiger charge is -2.23. The van der Waals surface area contributed by atoms with E-state index in [1.807, 2.05) is 10.2 Å². The smallest absolute Gasteiger partial charge is 0.0826 e. The molecule has 3 aromatic carbocycles. The molecule has 0 unspecified atom stereocenters. The van der Waals surface area contributed by atoms with Gasteiger partial charge in [-0.1, -0.05) is 66.0 Å². The number of nitrogens with zero attached hydrogens (tertiary/aromatic N) is 4. The van der Waals surface area contributed by atoms with Gasteiger partial charge in [-0.3, -0.25) is 0 Å². The highest BCUT2D eigenvalue weighted by atomic mass is 16.0. The molecule has 0 amide bonds. The molecule has 0 atom stereocenters. The molecular formula is C29H34N6. The zero-order chi connectivity index (χ0) is 24.2. The maximum atomic E-state index is 4.33. The predicted octanol–water partition coefficient (Wildman–Crippen LogP) is 7.25. The van der Waals surface area contributed by atoms with Crippen LogP contribution in [0.4, 0.5) is 5.69 Å². The summed E-state index contributed by atoms with van der Waals surface area (Å²) in [6.07, 6.45) is 5.34. The summed E-state index contributed by atoms with van der Waals surface area (Å²) in [5.74, 6) is 0. The van der Waals surface area contributed by atoms with E-state index in [4.69, 9.17) is 0 Å². The number of fused-ring (bicyclic) bond motifs is 1. The van der Waals surface area contributed by atoms with Gasteiger partial charge in [0, 0.05) is 23.1 Å². The fourth-order valence-corrected chi connectivity index (χ4v) is 4.95. The highest BCUT2D eigenvalue weighted by Gasteiger charge is 2.22. The zero-order valence-electron chi connectivity index (χ0n) is 20.9. The Bertz CT molecular complexity index is 1300. The van der Waals surface area contributed by atoms with Crippen molar-refractivity contribution in [2.45, 2.75) is 52.9 Å². The molecule has 0 saturated heterocycles. The summed E-state index contributed by atoms with van der Waals surface area (Å²) < 4.78 is 0. The number of anilines is 1. The third-order valence-corrected chi connectivity index (χ3v) is 6.61. The lowest BCUT2D eigenvalue weighted by molar-refractivity contribution is 0.209. The van der Waals surface area contributed by atoms with Crippen molar-refractivity contribution >= 4 is 16.6 Å². The van der Waals surface area contributed by atoms with Gasteiger partial charge in [0.15, 0.2) is 0 Å². The van der Waals surface area contributed by atoms with Gasteiger partial charge in [0.2, 0.25) is 0 Å². The molecule has 0 radical (unpaired) electrons. The zero-order valence-corrected chi connectivity index (χ0v) is 20.9. The van der Waals surface area contributed by atoms with Crippen LogP contribution in [-0.2, 0) is 12.8 Å². The lowest BCUT2D eigenvalue weighted by Crippen LogP contribution is -2.42. The number of hydrogen-bond donors (Lipinski definition) is 2. The van der Waals surface area contributed by atoms with Gasteiger partial charge in [0.25, 0.3) is 0 Å². The highest BCUT2D eigenvalue weighted by Crippen LogP contribution is 2.35. The van der Waals surface area contributed by atoms with E-state index in [0.717, 1.165) is 49.9 Å². The van der Waals surface area contributed by atoms with Crippen LogP contribution < -0.4 is 10.7 Å². The van der Waals surface area contributed by atoms with Crippen molar-refractivity contribution in [1.29, 1.82) is 0 Å². The van der Waals surface area contributed by atoms with Crippen LogP contribution >= 0.6 is 0 Å². The van der Waals surface area contributed by atoms with Crippen molar-refractivity contribution in [1.82, 2.24) is 15.6 Å². The first-order chi connectivity index (χ1) is 17.1. The molecule has 2 N–H and O–H groups in total. The van der Waals surface area contributed by atoms with Crippen molar-refractivity contribution < 1.29 is 0 Å². The molecule has 1 aliphatic heterocycles. The van der Waals surface area contributed by atoms with E-state index in [2.05, 4.69) is 108 Å². The minimum absolute atomic E-state index is 0.854. The summed E-state index contributed by atoms with van der Waals surface area (Å²) in [5.41, 5.74) is 13.0. The fourth-order valence-electron chi connectivity index (χ4n) is 4.95. The number of hydrazine groups is 2. The molecule has 1 aliphatic rings. The highest BCUT2D eigenvalue weighted by molar-refractivity contribution is 5.93. The van der Waals surface area contributed by atoms with Crippen LogP contribution in [0, 0.1) is 13.8 Å². The number of aryl methyl sites for hydroxylation is 4. The van der Waals surface area contributed by atoms with Crippen LogP contribution in [0.3, 0.4) is 0 Å². The van der Waals surface area contributed by atoms with E-state index in [1.54, 1.807) is 0 Å².